The minimum atomic E-state index is -0.462. The fourth-order valence-electron chi connectivity index (χ4n) is 6.57. The number of halogens is 1. The highest BCUT2D eigenvalue weighted by Gasteiger charge is 2.51. The van der Waals surface area contributed by atoms with E-state index in [4.69, 9.17) is 21.1 Å². The molecule has 194 valence electrons. The Morgan fingerprint density at radius 1 is 1.11 bits per heavy atom. The van der Waals surface area contributed by atoms with Gasteiger partial charge in [-0.05, 0) is 61.6 Å². The van der Waals surface area contributed by atoms with Crippen molar-refractivity contribution < 1.29 is 19.4 Å². The van der Waals surface area contributed by atoms with E-state index in [0.717, 1.165) is 81.5 Å². The minimum Gasteiger partial charge on any atom is -0.389 e. The third-order valence-electron chi connectivity index (χ3n) is 9.24. The maximum Gasteiger partial charge on any atom is 0.229 e. The van der Waals surface area contributed by atoms with E-state index in [0.29, 0.717) is 24.1 Å². The predicted molar refractivity (Wildman–Crippen MR) is 140 cm³/mol. The van der Waals surface area contributed by atoms with Crippen molar-refractivity contribution in [3.05, 3.63) is 29.4 Å². The summed E-state index contributed by atoms with van der Waals surface area (Å²) in [5.74, 6) is 0.705. The summed E-state index contributed by atoms with van der Waals surface area (Å²) in [6.07, 6.45) is 5.31. The van der Waals surface area contributed by atoms with Gasteiger partial charge in [0.25, 0.3) is 0 Å². The summed E-state index contributed by atoms with van der Waals surface area (Å²) in [5.41, 5.74) is 0.766. The number of hydrogen-bond acceptors (Lipinski definition) is 7. The largest absolute Gasteiger partial charge is 0.389 e. The van der Waals surface area contributed by atoms with Crippen molar-refractivity contribution in [2.75, 3.05) is 62.8 Å². The number of nitrogens with zero attached hydrogens (tertiary/aromatic N) is 3. The molecule has 2 aromatic rings. The number of ether oxygens (including phenoxy) is 2. The third kappa shape index (κ3) is 4.17. The van der Waals surface area contributed by atoms with Crippen LogP contribution in [-0.2, 0) is 14.3 Å². The van der Waals surface area contributed by atoms with Gasteiger partial charge in [0.1, 0.15) is 5.82 Å². The summed E-state index contributed by atoms with van der Waals surface area (Å²) in [4.78, 5) is 22.2. The monoisotopic (exact) mass is 514 g/mol. The average Bonchev–Trinajstić information content (AvgIpc) is 3.22. The van der Waals surface area contributed by atoms with Gasteiger partial charge >= 0.3 is 0 Å². The molecule has 4 heterocycles. The highest BCUT2D eigenvalue weighted by Crippen LogP contribution is 2.53. The molecular weight excluding hydrogens is 480 g/mol. The molecule has 1 aromatic heterocycles. The van der Waals surface area contributed by atoms with E-state index < -0.39 is 6.10 Å². The van der Waals surface area contributed by atoms with E-state index >= 15 is 0 Å². The number of aliphatic hydroxyl groups is 1. The van der Waals surface area contributed by atoms with Gasteiger partial charge in [0.15, 0.2) is 0 Å². The van der Waals surface area contributed by atoms with Gasteiger partial charge in [0, 0.05) is 56.9 Å². The fraction of sp³-hybridized carbons (Fsp3) is 0.630. The van der Waals surface area contributed by atoms with Gasteiger partial charge in [0.2, 0.25) is 5.91 Å². The van der Waals surface area contributed by atoms with E-state index in [-0.39, 0.29) is 22.8 Å². The Morgan fingerprint density at radius 3 is 2.56 bits per heavy atom. The van der Waals surface area contributed by atoms with E-state index in [1.165, 1.54) is 0 Å². The molecule has 36 heavy (non-hydrogen) atoms. The first-order valence-electron chi connectivity index (χ1n) is 13.1. The van der Waals surface area contributed by atoms with Crippen LogP contribution in [0.3, 0.4) is 0 Å². The lowest BCUT2D eigenvalue weighted by molar-refractivity contribution is -0.138. The molecule has 1 saturated carbocycles. The van der Waals surface area contributed by atoms with Gasteiger partial charge in [-0.2, -0.15) is 0 Å². The molecule has 0 radical (unpaired) electrons. The second-order valence-corrected chi connectivity index (χ2v) is 11.5. The van der Waals surface area contributed by atoms with Crippen LogP contribution >= 0.6 is 11.6 Å². The number of aliphatic hydroxyl groups excluding tert-OH is 1. The molecule has 3 aliphatic heterocycles. The first-order chi connectivity index (χ1) is 17.4. The first kappa shape index (κ1) is 24.4. The Hall–Kier alpha value is -1.97. The van der Waals surface area contributed by atoms with Gasteiger partial charge in [-0.15, -0.1) is 0 Å². The van der Waals surface area contributed by atoms with Crippen LogP contribution in [0.25, 0.3) is 10.8 Å². The number of hydrogen-bond donors (Lipinski definition) is 2. The maximum atomic E-state index is 13.1. The first-order valence-corrected chi connectivity index (χ1v) is 13.5. The molecule has 4 aliphatic rings. The molecule has 1 aliphatic carbocycles. The Bertz CT molecular complexity index is 1150. The quantitative estimate of drug-likeness (QED) is 0.647. The lowest BCUT2D eigenvalue weighted by Crippen LogP contribution is -2.60. The van der Waals surface area contributed by atoms with E-state index in [2.05, 4.69) is 33.1 Å². The number of fused-ring (bicyclic) bond motifs is 1. The van der Waals surface area contributed by atoms with Crippen molar-refractivity contribution in [3.8, 4) is 0 Å². The molecule has 2 N–H and O–H groups in total. The second kappa shape index (κ2) is 9.40. The molecule has 6 rings (SSSR count). The zero-order valence-electron chi connectivity index (χ0n) is 20.8. The minimum absolute atomic E-state index is 0.0432. The summed E-state index contributed by atoms with van der Waals surface area (Å²) in [5, 5.41) is 16.2. The summed E-state index contributed by atoms with van der Waals surface area (Å²) >= 11 is 6.70. The number of nitrogens with one attached hydrogen (secondary N) is 1. The summed E-state index contributed by atoms with van der Waals surface area (Å²) in [7, 11) is 0. The summed E-state index contributed by atoms with van der Waals surface area (Å²) in [6, 6.07) is 6.01. The molecule has 4 fully saturated rings. The Morgan fingerprint density at radius 2 is 1.89 bits per heavy atom. The average molecular weight is 515 g/mol. The van der Waals surface area contributed by atoms with Crippen LogP contribution in [0, 0.1) is 11.3 Å². The molecule has 1 amide bonds. The number of rotatable bonds is 4. The number of benzene rings is 1. The standard InChI is InChI=1S/C27H35ClN4O4/c1-26(17-36-16-23(26)33)32-8-6-31(7-9-32)22-13-18-14-24(29-15-19(18)12-21(22)28)30-25(34)20-2-3-27(20)4-10-35-11-5-27/h12-15,20,23,33H,2-11,16-17H2,1H3,(H,29,30,34)/t20?,23-,26+/m0/s1. The number of aromatic nitrogens is 1. The topological polar surface area (TPSA) is 87.2 Å². The van der Waals surface area contributed by atoms with Crippen LogP contribution in [0.1, 0.15) is 32.6 Å². The van der Waals surface area contributed by atoms with Crippen LogP contribution in [0.5, 0.6) is 0 Å². The van der Waals surface area contributed by atoms with Gasteiger partial charge in [-0.25, -0.2) is 4.98 Å². The molecule has 3 saturated heterocycles. The second-order valence-electron chi connectivity index (χ2n) is 11.1. The highest BCUT2D eigenvalue weighted by atomic mass is 35.5. The molecule has 0 bridgehead atoms. The smallest absolute Gasteiger partial charge is 0.229 e. The number of anilines is 2. The zero-order chi connectivity index (χ0) is 24.9. The van der Waals surface area contributed by atoms with E-state index in [1.54, 1.807) is 6.20 Å². The molecule has 1 spiro atoms. The summed E-state index contributed by atoms with van der Waals surface area (Å²) < 4.78 is 11.1. The van der Waals surface area contributed by atoms with Crippen LogP contribution in [0.2, 0.25) is 5.02 Å². The number of piperazine rings is 1. The van der Waals surface area contributed by atoms with Gasteiger partial charge in [0.05, 0.1) is 35.6 Å². The highest BCUT2D eigenvalue weighted by molar-refractivity contribution is 6.34. The SMILES string of the molecule is C[C@@]1(N2CCN(c3cc4cc(NC(=O)C5CCC56CCOCC6)ncc4cc3Cl)CC2)COC[C@@H]1O. The fourth-order valence-corrected chi connectivity index (χ4v) is 6.87. The number of carbonyl (C=O) groups excluding carboxylic acids is 1. The molecule has 3 atom stereocenters. The maximum absolute atomic E-state index is 13.1. The lowest BCUT2D eigenvalue weighted by atomic mass is 9.56. The molecular formula is C27H35ClN4O4. The van der Waals surface area contributed by atoms with Crippen LogP contribution < -0.4 is 10.2 Å². The van der Waals surface area contributed by atoms with Crippen LogP contribution in [0.4, 0.5) is 11.5 Å². The van der Waals surface area contributed by atoms with Crippen molar-refractivity contribution >= 4 is 39.8 Å². The van der Waals surface area contributed by atoms with Gasteiger partial charge in [-0.3, -0.25) is 9.69 Å². The van der Waals surface area contributed by atoms with Gasteiger partial charge < -0.3 is 24.8 Å². The lowest BCUT2D eigenvalue weighted by Gasteiger charge is -2.50. The van der Waals surface area contributed by atoms with Crippen molar-refractivity contribution in [2.45, 2.75) is 44.2 Å². The van der Waals surface area contributed by atoms with Crippen molar-refractivity contribution in [1.29, 1.82) is 0 Å². The van der Waals surface area contributed by atoms with E-state index in [9.17, 15) is 9.90 Å². The van der Waals surface area contributed by atoms with Crippen molar-refractivity contribution in [3.63, 3.8) is 0 Å². The molecule has 1 aromatic carbocycles. The van der Waals surface area contributed by atoms with Gasteiger partial charge in [-0.1, -0.05) is 11.6 Å². The van der Waals surface area contributed by atoms with E-state index in [1.807, 2.05) is 12.1 Å². The molecule has 8 nitrogen and oxygen atoms in total. The normalized spacial score (nSPS) is 30.5. The molecule has 9 heteroatoms. The molecule has 1 unspecified atom stereocenters. The number of pyridine rings is 1. The Kier molecular flexibility index (Phi) is 6.37. The Labute approximate surface area is 216 Å². The number of carbonyl (C=O) groups is 1. The predicted octanol–water partition coefficient (Wildman–Crippen LogP) is 3.31. The van der Waals surface area contributed by atoms with Crippen LogP contribution in [0.15, 0.2) is 24.4 Å². The van der Waals surface area contributed by atoms with Crippen molar-refractivity contribution in [1.82, 2.24) is 9.88 Å². The summed E-state index contributed by atoms with van der Waals surface area (Å²) in [6.45, 7) is 7.84. The van der Waals surface area contributed by atoms with Crippen molar-refractivity contribution in [2.24, 2.45) is 11.3 Å². The zero-order valence-corrected chi connectivity index (χ0v) is 21.6. The number of amides is 1. The Balaban J connectivity index is 1.16. The van der Waals surface area contributed by atoms with Crippen LogP contribution in [-0.4, -0.2) is 85.1 Å². The third-order valence-corrected chi connectivity index (χ3v) is 9.55.